The van der Waals surface area contributed by atoms with Crippen LogP contribution in [0, 0.1) is 0 Å². The van der Waals surface area contributed by atoms with Crippen LogP contribution in [0.5, 0.6) is 0 Å². The van der Waals surface area contributed by atoms with Gasteiger partial charge in [0, 0.05) is 37.1 Å². The maximum Gasteiger partial charge on any atom is 0.252 e. The van der Waals surface area contributed by atoms with Gasteiger partial charge in [0.2, 0.25) is 0 Å². The predicted molar refractivity (Wildman–Crippen MR) is 131 cm³/mol. The van der Waals surface area contributed by atoms with Crippen LogP contribution in [-0.2, 0) is 9.47 Å². The molecule has 0 spiro atoms. The fourth-order valence-electron chi connectivity index (χ4n) is 2.46. The van der Waals surface area contributed by atoms with Crippen molar-refractivity contribution in [1.29, 1.82) is 0 Å². The molecule has 0 aliphatic heterocycles. The number of nitrogens with one attached hydrogen (secondary N) is 2. The monoisotopic (exact) mass is 476 g/mol. The number of methoxy groups -OCH3 is 2. The summed E-state index contributed by atoms with van der Waals surface area (Å²) in [7, 11) is 6.14. The van der Waals surface area contributed by atoms with Gasteiger partial charge < -0.3 is 20.1 Å². The highest BCUT2D eigenvalue weighted by Gasteiger charge is 2.21. The van der Waals surface area contributed by atoms with E-state index in [1.54, 1.807) is 26.4 Å². The molecule has 0 saturated heterocycles. The quantitative estimate of drug-likeness (QED) is 0.454. The van der Waals surface area contributed by atoms with Gasteiger partial charge in [-0.05, 0) is 52.0 Å². The molecule has 32 heavy (non-hydrogen) atoms. The van der Waals surface area contributed by atoms with Gasteiger partial charge in [-0.3, -0.25) is 9.59 Å². The molecule has 2 amide bonds. The van der Waals surface area contributed by atoms with Gasteiger partial charge in [-0.25, -0.2) is 0 Å². The van der Waals surface area contributed by atoms with Gasteiger partial charge in [0.05, 0.1) is 22.3 Å². The highest BCUT2D eigenvalue weighted by Crippen LogP contribution is 2.40. The highest BCUT2D eigenvalue weighted by atomic mass is 33.1. The molecule has 0 aliphatic carbocycles. The van der Waals surface area contributed by atoms with Crippen LogP contribution in [0.25, 0.3) is 0 Å². The molecule has 0 saturated carbocycles. The van der Waals surface area contributed by atoms with Crippen LogP contribution in [0.3, 0.4) is 0 Å². The standard InChI is InChI=1S/C24H32N2O4S2/c1-23(2,29-5)15-25-21(27)17-11-7-9-13-19(17)31-32-20-14-10-8-12-18(20)22(28)26-16-24(3,4)30-6/h7-14H,15-16H2,1-6H3,(H,25,27)(H,26,28). The van der Waals surface area contributed by atoms with Gasteiger partial charge in [-0.15, -0.1) is 0 Å². The summed E-state index contributed by atoms with van der Waals surface area (Å²) >= 11 is 0. The fourth-order valence-corrected chi connectivity index (χ4v) is 4.82. The molecular formula is C24H32N2O4S2. The second-order valence-electron chi connectivity index (χ2n) is 8.45. The summed E-state index contributed by atoms with van der Waals surface area (Å²) in [5.41, 5.74) is 0.271. The summed E-state index contributed by atoms with van der Waals surface area (Å²) in [6.45, 7) is 8.46. The van der Waals surface area contributed by atoms with Crippen LogP contribution in [-0.4, -0.2) is 50.3 Å². The lowest BCUT2D eigenvalue weighted by Crippen LogP contribution is -2.39. The Morgan fingerprint density at radius 1 is 0.719 bits per heavy atom. The molecular weight excluding hydrogens is 444 g/mol. The molecule has 6 nitrogen and oxygen atoms in total. The van der Waals surface area contributed by atoms with Gasteiger partial charge >= 0.3 is 0 Å². The van der Waals surface area contributed by atoms with Crippen LogP contribution in [0.15, 0.2) is 58.3 Å². The zero-order valence-corrected chi connectivity index (χ0v) is 21.1. The third kappa shape index (κ3) is 7.85. The average molecular weight is 477 g/mol. The summed E-state index contributed by atoms with van der Waals surface area (Å²) < 4.78 is 10.7. The van der Waals surface area contributed by atoms with E-state index in [0.717, 1.165) is 9.79 Å². The lowest BCUT2D eigenvalue weighted by molar-refractivity contribution is 0.0227. The Morgan fingerprint density at radius 3 is 1.41 bits per heavy atom. The Labute approximate surface area is 198 Å². The zero-order chi connectivity index (χ0) is 23.8. The lowest BCUT2D eigenvalue weighted by Gasteiger charge is -2.23. The molecule has 0 atom stereocenters. The molecule has 174 valence electrons. The van der Waals surface area contributed by atoms with Gasteiger partial charge in [0.25, 0.3) is 11.8 Å². The van der Waals surface area contributed by atoms with Crippen molar-refractivity contribution in [1.82, 2.24) is 10.6 Å². The highest BCUT2D eigenvalue weighted by molar-refractivity contribution is 8.76. The van der Waals surface area contributed by atoms with E-state index in [1.807, 2.05) is 64.1 Å². The second-order valence-corrected chi connectivity index (χ2v) is 10.7. The molecule has 0 fully saturated rings. The Hall–Kier alpha value is -2.00. The van der Waals surface area contributed by atoms with Crippen molar-refractivity contribution in [3.8, 4) is 0 Å². The molecule has 0 aliphatic rings. The van der Waals surface area contributed by atoms with Gasteiger partial charge in [-0.1, -0.05) is 45.9 Å². The molecule has 2 aromatic carbocycles. The fraction of sp³-hybridized carbons (Fsp3) is 0.417. The molecule has 8 heteroatoms. The third-order valence-electron chi connectivity index (χ3n) is 4.94. The minimum Gasteiger partial charge on any atom is -0.377 e. The molecule has 2 N–H and O–H groups in total. The third-order valence-corrected chi connectivity index (χ3v) is 7.42. The van der Waals surface area contributed by atoms with Crippen molar-refractivity contribution in [2.75, 3.05) is 27.3 Å². The van der Waals surface area contributed by atoms with Crippen molar-refractivity contribution in [2.24, 2.45) is 0 Å². The summed E-state index contributed by atoms with van der Waals surface area (Å²) in [6.07, 6.45) is 0. The van der Waals surface area contributed by atoms with Crippen molar-refractivity contribution in [3.63, 3.8) is 0 Å². The summed E-state index contributed by atoms with van der Waals surface area (Å²) in [5, 5.41) is 5.86. The Balaban J connectivity index is 2.10. The van der Waals surface area contributed by atoms with E-state index in [2.05, 4.69) is 10.6 Å². The molecule has 0 unspecified atom stereocenters. The van der Waals surface area contributed by atoms with E-state index >= 15 is 0 Å². The number of rotatable bonds is 11. The smallest absolute Gasteiger partial charge is 0.252 e. The normalized spacial score (nSPS) is 11.8. The number of carbonyl (C=O) groups is 2. The molecule has 2 aromatic rings. The topological polar surface area (TPSA) is 76.7 Å². The zero-order valence-electron chi connectivity index (χ0n) is 19.5. The van der Waals surface area contributed by atoms with E-state index in [9.17, 15) is 9.59 Å². The molecule has 0 aromatic heterocycles. The first-order chi connectivity index (χ1) is 15.1. The molecule has 2 rings (SSSR count). The van der Waals surface area contributed by atoms with Crippen molar-refractivity contribution in [3.05, 3.63) is 59.7 Å². The number of ether oxygens (including phenoxy) is 2. The van der Waals surface area contributed by atoms with Crippen molar-refractivity contribution in [2.45, 2.75) is 48.7 Å². The van der Waals surface area contributed by atoms with Crippen LogP contribution in [0.1, 0.15) is 48.4 Å². The Kier molecular flexibility index (Phi) is 9.64. The first kappa shape index (κ1) is 26.3. The Morgan fingerprint density at radius 2 is 1.06 bits per heavy atom. The summed E-state index contributed by atoms with van der Waals surface area (Å²) in [4.78, 5) is 27.2. The van der Waals surface area contributed by atoms with E-state index in [-0.39, 0.29) is 11.8 Å². The number of carbonyl (C=O) groups excluding carboxylic acids is 2. The first-order valence-electron chi connectivity index (χ1n) is 10.3. The first-order valence-corrected chi connectivity index (χ1v) is 12.4. The number of amides is 2. The second kappa shape index (κ2) is 11.7. The maximum atomic E-state index is 12.8. The van der Waals surface area contributed by atoms with Crippen molar-refractivity contribution >= 4 is 33.4 Å². The van der Waals surface area contributed by atoms with Gasteiger partial charge in [-0.2, -0.15) is 0 Å². The summed E-state index contributed by atoms with van der Waals surface area (Å²) in [5.74, 6) is -0.321. The van der Waals surface area contributed by atoms with E-state index < -0.39 is 11.2 Å². The van der Waals surface area contributed by atoms with E-state index in [0.29, 0.717) is 24.2 Å². The number of hydrogen-bond donors (Lipinski definition) is 2. The van der Waals surface area contributed by atoms with E-state index in [4.69, 9.17) is 9.47 Å². The molecule has 0 radical (unpaired) electrons. The van der Waals surface area contributed by atoms with Crippen LogP contribution in [0.4, 0.5) is 0 Å². The maximum absolute atomic E-state index is 12.8. The average Bonchev–Trinajstić information content (AvgIpc) is 2.80. The summed E-state index contributed by atoms with van der Waals surface area (Å²) in [6, 6.07) is 14.9. The van der Waals surface area contributed by atoms with E-state index in [1.165, 1.54) is 21.6 Å². The number of benzene rings is 2. The minimum atomic E-state index is -0.448. The SMILES string of the molecule is COC(C)(C)CNC(=O)c1ccccc1SSc1ccccc1C(=O)NCC(C)(C)OC. The predicted octanol–water partition coefficient (Wildman–Crippen LogP) is 4.80. The van der Waals surface area contributed by atoms with Crippen molar-refractivity contribution < 1.29 is 19.1 Å². The van der Waals surface area contributed by atoms with Gasteiger partial charge in [0.1, 0.15) is 0 Å². The largest absolute Gasteiger partial charge is 0.377 e. The van der Waals surface area contributed by atoms with Gasteiger partial charge in [0.15, 0.2) is 0 Å². The number of hydrogen-bond acceptors (Lipinski definition) is 6. The minimum absolute atomic E-state index is 0.161. The van der Waals surface area contributed by atoms with Crippen LogP contribution in [0.2, 0.25) is 0 Å². The Bertz CT molecular complexity index is 856. The van der Waals surface area contributed by atoms with Crippen LogP contribution >= 0.6 is 21.6 Å². The molecule has 0 heterocycles. The van der Waals surface area contributed by atoms with Crippen LogP contribution < -0.4 is 10.6 Å². The molecule has 0 bridgehead atoms. The lowest BCUT2D eigenvalue weighted by atomic mass is 10.1.